The molecule has 0 aliphatic carbocycles. The molecule has 148 valence electrons. The van der Waals surface area contributed by atoms with Gasteiger partial charge < -0.3 is 15.4 Å². The van der Waals surface area contributed by atoms with E-state index >= 15 is 0 Å². The molecular formula is C24H24N2O3. The van der Waals surface area contributed by atoms with Gasteiger partial charge in [-0.25, -0.2) is 0 Å². The highest BCUT2D eigenvalue weighted by molar-refractivity contribution is 5.98. The summed E-state index contributed by atoms with van der Waals surface area (Å²) in [6.07, 6.45) is -0.718. The summed E-state index contributed by atoms with van der Waals surface area (Å²) in [5.41, 5.74) is 3.56. The predicted molar refractivity (Wildman–Crippen MR) is 113 cm³/mol. The van der Waals surface area contributed by atoms with Crippen molar-refractivity contribution >= 4 is 11.8 Å². The highest BCUT2D eigenvalue weighted by Crippen LogP contribution is 2.20. The summed E-state index contributed by atoms with van der Waals surface area (Å²) in [5.74, 6) is 0.116. The number of carbonyl (C=O) groups excluding carboxylic acids is 2. The van der Waals surface area contributed by atoms with Gasteiger partial charge in [0.2, 0.25) is 0 Å². The van der Waals surface area contributed by atoms with Gasteiger partial charge in [0.05, 0.1) is 7.11 Å². The quantitative estimate of drug-likeness (QED) is 0.623. The van der Waals surface area contributed by atoms with Crippen LogP contribution in [0, 0.1) is 13.8 Å². The first-order valence-electron chi connectivity index (χ1n) is 9.36. The average Bonchev–Trinajstić information content (AvgIpc) is 2.73. The number of rotatable bonds is 6. The summed E-state index contributed by atoms with van der Waals surface area (Å²) in [4.78, 5) is 25.8. The largest absolute Gasteiger partial charge is 0.497 e. The Morgan fingerprint density at radius 1 is 0.759 bits per heavy atom. The second-order valence-corrected chi connectivity index (χ2v) is 6.79. The number of amides is 2. The van der Waals surface area contributed by atoms with E-state index in [2.05, 4.69) is 10.6 Å². The van der Waals surface area contributed by atoms with Gasteiger partial charge in [0.1, 0.15) is 11.9 Å². The Morgan fingerprint density at radius 2 is 1.28 bits per heavy atom. The predicted octanol–water partition coefficient (Wildman–Crippen LogP) is 4.17. The molecule has 0 aromatic heterocycles. The van der Waals surface area contributed by atoms with Crippen LogP contribution in [0.15, 0.2) is 72.8 Å². The Bertz CT molecular complexity index is 970. The van der Waals surface area contributed by atoms with Crippen molar-refractivity contribution in [2.45, 2.75) is 20.0 Å². The molecule has 0 spiro atoms. The Hall–Kier alpha value is -3.60. The maximum absolute atomic E-state index is 12.9. The van der Waals surface area contributed by atoms with Crippen molar-refractivity contribution in [2.24, 2.45) is 0 Å². The topological polar surface area (TPSA) is 67.4 Å². The first-order valence-corrected chi connectivity index (χ1v) is 9.36. The van der Waals surface area contributed by atoms with Gasteiger partial charge in [0.25, 0.3) is 11.8 Å². The summed E-state index contributed by atoms with van der Waals surface area (Å²) in [6.45, 7) is 3.75. The minimum atomic E-state index is -0.718. The van der Waals surface area contributed by atoms with Gasteiger partial charge in [-0.15, -0.1) is 0 Å². The van der Waals surface area contributed by atoms with Crippen molar-refractivity contribution in [1.29, 1.82) is 0 Å². The van der Waals surface area contributed by atoms with Gasteiger partial charge in [-0.1, -0.05) is 48.5 Å². The molecule has 3 aromatic rings. The van der Waals surface area contributed by atoms with Crippen molar-refractivity contribution in [3.05, 3.63) is 101 Å². The zero-order chi connectivity index (χ0) is 20.8. The summed E-state index contributed by atoms with van der Waals surface area (Å²) in [5, 5.41) is 5.87. The highest BCUT2D eigenvalue weighted by Gasteiger charge is 2.21. The van der Waals surface area contributed by atoms with Crippen molar-refractivity contribution in [3.63, 3.8) is 0 Å². The van der Waals surface area contributed by atoms with Gasteiger partial charge in [-0.2, -0.15) is 0 Å². The standard InChI is InChI=1S/C24H24N2O3/c1-16-9-4-6-13-20(16)23(27)25-22(18-11-8-12-19(15-18)29-3)26-24(28)21-14-7-5-10-17(21)2/h4-15,22H,1-3H3,(H,25,27)(H,26,28). The van der Waals surface area contributed by atoms with Crippen LogP contribution in [0.1, 0.15) is 43.6 Å². The third-order valence-corrected chi connectivity index (χ3v) is 4.76. The van der Waals surface area contributed by atoms with E-state index in [1.165, 1.54) is 0 Å². The molecule has 0 saturated carbocycles. The molecule has 0 saturated heterocycles. The molecule has 2 amide bonds. The zero-order valence-electron chi connectivity index (χ0n) is 16.7. The molecule has 0 aliphatic heterocycles. The van der Waals surface area contributed by atoms with Crippen LogP contribution in [-0.2, 0) is 0 Å². The minimum absolute atomic E-state index is 0.263. The second kappa shape index (κ2) is 9.06. The molecule has 5 heteroatoms. The monoisotopic (exact) mass is 388 g/mol. The van der Waals surface area contributed by atoms with Crippen LogP contribution in [-0.4, -0.2) is 18.9 Å². The van der Waals surface area contributed by atoms with Crippen LogP contribution in [0.25, 0.3) is 0 Å². The number of ether oxygens (including phenoxy) is 1. The first kappa shape index (κ1) is 20.1. The molecule has 2 N–H and O–H groups in total. The summed E-state index contributed by atoms with van der Waals surface area (Å²) >= 11 is 0. The van der Waals surface area contributed by atoms with Crippen molar-refractivity contribution in [2.75, 3.05) is 7.11 Å². The van der Waals surface area contributed by atoms with Crippen molar-refractivity contribution < 1.29 is 14.3 Å². The third kappa shape index (κ3) is 4.82. The number of carbonyl (C=O) groups is 2. The van der Waals surface area contributed by atoms with Crippen LogP contribution < -0.4 is 15.4 Å². The smallest absolute Gasteiger partial charge is 0.253 e. The van der Waals surface area contributed by atoms with E-state index in [-0.39, 0.29) is 11.8 Å². The van der Waals surface area contributed by atoms with E-state index in [4.69, 9.17) is 4.74 Å². The van der Waals surface area contributed by atoms with E-state index < -0.39 is 6.17 Å². The van der Waals surface area contributed by atoms with Crippen LogP contribution in [0.2, 0.25) is 0 Å². The molecule has 0 bridgehead atoms. The van der Waals surface area contributed by atoms with Gasteiger partial charge in [-0.05, 0) is 54.8 Å². The van der Waals surface area contributed by atoms with Crippen molar-refractivity contribution in [3.8, 4) is 5.75 Å². The molecule has 0 unspecified atom stereocenters. The van der Waals surface area contributed by atoms with Gasteiger partial charge in [0.15, 0.2) is 0 Å². The number of hydrogen-bond donors (Lipinski definition) is 2. The molecule has 3 aromatic carbocycles. The molecule has 29 heavy (non-hydrogen) atoms. The highest BCUT2D eigenvalue weighted by atomic mass is 16.5. The first-order chi connectivity index (χ1) is 14.0. The van der Waals surface area contributed by atoms with E-state index in [9.17, 15) is 9.59 Å². The normalized spacial score (nSPS) is 10.5. The fourth-order valence-corrected chi connectivity index (χ4v) is 3.10. The number of methoxy groups -OCH3 is 1. The minimum Gasteiger partial charge on any atom is -0.497 e. The molecule has 0 fully saturated rings. The Balaban J connectivity index is 1.91. The molecule has 0 atom stereocenters. The van der Waals surface area contributed by atoms with Gasteiger partial charge >= 0.3 is 0 Å². The van der Waals surface area contributed by atoms with Crippen LogP contribution in [0.3, 0.4) is 0 Å². The average molecular weight is 388 g/mol. The van der Waals surface area contributed by atoms with Gasteiger partial charge in [-0.3, -0.25) is 9.59 Å². The van der Waals surface area contributed by atoms with E-state index in [1.54, 1.807) is 25.3 Å². The molecule has 5 nitrogen and oxygen atoms in total. The van der Waals surface area contributed by atoms with Crippen molar-refractivity contribution in [1.82, 2.24) is 10.6 Å². The van der Waals surface area contributed by atoms with E-state index in [1.807, 2.05) is 68.4 Å². The maximum Gasteiger partial charge on any atom is 0.253 e. The summed E-state index contributed by atoms with van der Waals surface area (Å²) in [7, 11) is 1.58. The molecular weight excluding hydrogens is 364 g/mol. The number of hydrogen-bond acceptors (Lipinski definition) is 3. The fourth-order valence-electron chi connectivity index (χ4n) is 3.10. The zero-order valence-corrected chi connectivity index (χ0v) is 16.7. The van der Waals surface area contributed by atoms with E-state index in [0.29, 0.717) is 22.4 Å². The maximum atomic E-state index is 12.9. The molecule has 3 rings (SSSR count). The third-order valence-electron chi connectivity index (χ3n) is 4.76. The van der Waals surface area contributed by atoms with E-state index in [0.717, 1.165) is 11.1 Å². The molecule has 0 radical (unpaired) electrons. The molecule has 0 heterocycles. The lowest BCUT2D eigenvalue weighted by Crippen LogP contribution is -2.41. The van der Waals surface area contributed by atoms with Gasteiger partial charge in [0, 0.05) is 11.1 Å². The number of benzene rings is 3. The summed E-state index contributed by atoms with van der Waals surface area (Å²) < 4.78 is 5.30. The van der Waals surface area contributed by atoms with Crippen LogP contribution in [0.4, 0.5) is 0 Å². The second-order valence-electron chi connectivity index (χ2n) is 6.79. The Morgan fingerprint density at radius 3 is 1.76 bits per heavy atom. The van der Waals surface area contributed by atoms with Crippen LogP contribution >= 0.6 is 0 Å². The molecule has 0 aliphatic rings. The SMILES string of the molecule is COc1cccc(C(NC(=O)c2ccccc2C)NC(=O)c2ccccc2C)c1. The Labute approximate surface area is 170 Å². The lowest BCUT2D eigenvalue weighted by atomic mass is 10.1. The number of nitrogens with one attached hydrogen (secondary N) is 2. The lowest BCUT2D eigenvalue weighted by molar-refractivity contribution is 0.0882. The van der Waals surface area contributed by atoms with Crippen LogP contribution in [0.5, 0.6) is 5.75 Å². The Kier molecular flexibility index (Phi) is 6.29. The summed E-state index contributed by atoms with van der Waals surface area (Å²) in [6, 6.07) is 21.9. The number of aryl methyl sites for hydroxylation is 2. The lowest BCUT2D eigenvalue weighted by Gasteiger charge is -2.22. The fraction of sp³-hybridized carbons (Fsp3) is 0.167.